The Morgan fingerprint density at radius 2 is 1.91 bits per heavy atom. The van der Waals surface area contributed by atoms with Crippen LogP contribution in [0.1, 0.15) is 28.4 Å². The van der Waals surface area contributed by atoms with Gasteiger partial charge in [0.05, 0.1) is 24.1 Å². The van der Waals surface area contributed by atoms with Crippen LogP contribution in [-0.2, 0) is 32.5 Å². The highest BCUT2D eigenvalue weighted by atomic mass is 32.2. The minimum atomic E-state index is -3.38. The number of benzene rings is 2. The van der Waals surface area contributed by atoms with Gasteiger partial charge in [0.15, 0.2) is 0 Å². The Morgan fingerprint density at radius 1 is 1.12 bits per heavy atom. The van der Waals surface area contributed by atoms with Gasteiger partial charge in [0.25, 0.3) is 0 Å². The van der Waals surface area contributed by atoms with Crippen molar-refractivity contribution in [3.63, 3.8) is 0 Å². The molecule has 1 aliphatic rings. The van der Waals surface area contributed by atoms with Crippen LogP contribution in [-0.4, -0.2) is 39.9 Å². The largest absolute Gasteiger partial charge is 0.457 e. The molecule has 178 valence electrons. The van der Waals surface area contributed by atoms with Gasteiger partial charge in [-0.05, 0) is 49.2 Å². The normalized spacial score (nSPS) is 12.9. The SMILES string of the molecule is CCOC(=O)Nc1ccc2c(COC(=O)c3ccc4c(c3)CCN4S(C)(=O)=O)cc(=O)oc2c1. The molecule has 0 fully saturated rings. The second-order valence-corrected chi connectivity index (χ2v) is 9.56. The van der Waals surface area contributed by atoms with Gasteiger partial charge in [-0.15, -0.1) is 0 Å². The van der Waals surface area contributed by atoms with Gasteiger partial charge < -0.3 is 13.9 Å². The molecule has 1 aromatic heterocycles. The van der Waals surface area contributed by atoms with E-state index in [2.05, 4.69) is 5.32 Å². The first-order valence-corrected chi connectivity index (χ1v) is 12.3. The molecule has 1 N–H and O–H groups in total. The van der Waals surface area contributed by atoms with Crippen LogP contribution in [0, 0.1) is 0 Å². The summed E-state index contributed by atoms with van der Waals surface area (Å²) in [6.07, 6.45) is 1.00. The molecule has 0 aliphatic carbocycles. The topological polar surface area (TPSA) is 132 Å². The zero-order valence-corrected chi connectivity index (χ0v) is 19.3. The molecule has 1 amide bonds. The second kappa shape index (κ2) is 9.18. The number of amides is 1. The summed E-state index contributed by atoms with van der Waals surface area (Å²) in [5.41, 5.74) is 1.97. The van der Waals surface area contributed by atoms with E-state index in [0.717, 1.165) is 11.8 Å². The molecule has 11 heteroatoms. The zero-order valence-electron chi connectivity index (χ0n) is 18.5. The third-order valence-corrected chi connectivity index (χ3v) is 6.46. The van der Waals surface area contributed by atoms with Gasteiger partial charge >= 0.3 is 17.7 Å². The first-order chi connectivity index (χ1) is 16.2. The molecule has 0 atom stereocenters. The molecule has 0 saturated carbocycles. The van der Waals surface area contributed by atoms with Crippen LogP contribution in [0.25, 0.3) is 11.0 Å². The summed E-state index contributed by atoms with van der Waals surface area (Å²) in [5, 5.41) is 3.07. The van der Waals surface area contributed by atoms with Crippen molar-refractivity contribution in [2.75, 3.05) is 29.0 Å². The number of sulfonamides is 1. The average molecular weight is 487 g/mol. The van der Waals surface area contributed by atoms with Crippen LogP contribution in [0.15, 0.2) is 51.7 Å². The number of hydrogen-bond acceptors (Lipinski definition) is 8. The number of nitrogens with zero attached hydrogens (tertiary/aromatic N) is 1. The number of nitrogens with one attached hydrogen (secondary N) is 1. The van der Waals surface area contributed by atoms with E-state index in [4.69, 9.17) is 13.9 Å². The number of ether oxygens (including phenoxy) is 2. The Balaban J connectivity index is 1.52. The maximum absolute atomic E-state index is 12.6. The fraction of sp³-hybridized carbons (Fsp3) is 0.261. The second-order valence-electron chi connectivity index (χ2n) is 7.65. The Bertz CT molecular complexity index is 1450. The third-order valence-electron chi connectivity index (χ3n) is 5.28. The summed E-state index contributed by atoms with van der Waals surface area (Å²) in [6, 6.07) is 10.7. The molecule has 10 nitrogen and oxygen atoms in total. The van der Waals surface area contributed by atoms with Crippen molar-refractivity contribution in [3.05, 3.63) is 69.6 Å². The van der Waals surface area contributed by atoms with Gasteiger partial charge in [-0.25, -0.2) is 22.8 Å². The van der Waals surface area contributed by atoms with Crippen molar-refractivity contribution in [3.8, 4) is 0 Å². The highest BCUT2D eigenvalue weighted by molar-refractivity contribution is 7.92. The number of rotatable bonds is 6. The quantitative estimate of drug-likeness (QED) is 0.415. The summed E-state index contributed by atoms with van der Waals surface area (Å²) in [6.45, 7) is 2.04. The number of carbonyl (C=O) groups excluding carboxylic acids is 2. The van der Waals surface area contributed by atoms with Gasteiger partial charge in [-0.1, -0.05) is 0 Å². The first kappa shape index (κ1) is 23.3. The van der Waals surface area contributed by atoms with Crippen LogP contribution in [0.5, 0.6) is 0 Å². The summed E-state index contributed by atoms with van der Waals surface area (Å²) in [4.78, 5) is 36.3. The predicted molar refractivity (Wildman–Crippen MR) is 125 cm³/mol. The maximum Gasteiger partial charge on any atom is 0.411 e. The van der Waals surface area contributed by atoms with E-state index in [9.17, 15) is 22.8 Å². The van der Waals surface area contributed by atoms with E-state index in [0.29, 0.717) is 35.3 Å². The molecule has 0 radical (unpaired) electrons. The van der Waals surface area contributed by atoms with Crippen molar-refractivity contribution < 1.29 is 31.9 Å². The molecule has 2 heterocycles. The first-order valence-electron chi connectivity index (χ1n) is 10.4. The van der Waals surface area contributed by atoms with Crippen molar-refractivity contribution in [1.29, 1.82) is 0 Å². The van der Waals surface area contributed by atoms with E-state index < -0.39 is 27.7 Å². The smallest absolute Gasteiger partial charge is 0.411 e. The fourth-order valence-electron chi connectivity index (χ4n) is 3.78. The molecule has 34 heavy (non-hydrogen) atoms. The monoisotopic (exact) mass is 486 g/mol. The molecule has 4 rings (SSSR count). The minimum absolute atomic E-state index is 0.182. The molecule has 3 aromatic rings. The molecular weight excluding hydrogens is 464 g/mol. The Labute approximate surface area is 195 Å². The summed E-state index contributed by atoms with van der Waals surface area (Å²) >= 11 is 0. The molecule has 2 aromatic carbocycles. The molecule has 0 saturated heterocycles. The van der Waals surface area contributed by atoms with Gasteiger partial charge in [-0.3, -0.25) is 9.62 Å². The van der Waals surface area contributed by atoms with E-state index in [1.54, 1.807) is 31.2 Å². The fourth-order valence-corrected chi connectivity index (χ4v) is 4.74. The summed E-state index contributed by atoms with van der Waals surface area (Å²) in [5.74, 6) is -0.609. The van der Waals surface area contributed by atoms with Crippen molar-refractivity contribution in [2.45, 2.75) is 20.0 Å². The Kier molecular flexibility index (Phi) is 6.29. The average Bonchev–Trinajstić information content (AvgIpc) is 3.21. The van der Waals surface area contributed by atoms with Crippen LogP contribution < -0.4 is 15.2 Å². The number of carbonyl (C=O) groups is 2. The van der Waals surface area contributed by atoms with E-state index in [-0.39, 0.29) is 24.4 Å². The number of anilines is 2. The lowest BCUT2D eigenvalue weighted by atomic mass is 10.1. The Hall–Kier alpha value is -3.86. The predicted octanol–water partition coefficient (Wildman–Crippen LogP) is 3.04. The maximum atomic E-state index is 12.6. The number of fused-ring (bicyclic) bond motifs is 2. The number of hydrogen-bond donors (Lipinski definition) is 1. The molecule has 1 aliphatic heterocycles. The van der Waals surface area contributed by atoms with Crippen molar-refractivity contribution in [1.82, 2.24) is 0 Å². The summed E-state index contributed by atoms with van der Waals surface area (Å²) < 4.78 is 40.5. The van der Waals surface area contributed by atoms with Crippen LogP contribution >= 0.6 is 0 Å². The van der Waals surface area contributed by atoms with Crippen molar-refractivity contribution >= 4 is 44.4 Å². The van der Waals surface area contributed by atoms with Crippen LogP contribution in [0.3, 0.4) is 0 Å². The van der Waals surface area contributed by atoms with Gasteiger partial charge in [-0.2, -0.15) is 0 Å². The molecule has 0 spiro atoms. The van der Waals surface area contributed by atoms with Gasteiger partial charge in [0.2, 0.25) is 10.0 Å². The highest BCUT2D eigenvalue weighted by Gasteiger charge is 2.27. The number of esters is 1. The summed E-state index contributed by atoms with van der Waals surface area (Å²) in [7, 11) is -3.38. The lowest BCUT2D eigenvalue weighted by molar-refractivity contribution is 0.0473. The lowest BCUT2D eigenvalue weighted by Gasteiger charge is -2.16. The van der Waals surface area contributed by atoms with Crippen LogP contribution in [0.4, 0.5) is 16.2 Å². The molecule has 0 bridgehead atoms. The Morgan fingerprint density at radius 3 is 2.65 bits per heavy atom. The lowest BCUT2D eigenvalue weighted by Crippen LogP contribution is -2.27. The molecule has 0 unspecified atom stereocenters. The zero-order chi connectivity index (χ0) is 24.5. The van der Waals surface area contributed by atoms with Gasteiger partial charge in [0, 0.05) is 35.3 Å². The minimum Gasteiger partial charge on any atom is -0.457 e. The van der Waals surface area contributed by atoms with Gasteiger partial charge in [0.1, 0.15) is 12.2 Å². The van der Waals surface area contributed by atoms with Crippen molar-refractivity contribution in [2.24, 2.45) is 0 Å². The van der Waals surface area contributed by atoms with E-state index in [1.165, 1.54) is 22.5 Å². The third kappa shape index (κ3) is 4.88. The highest BCUT2D eigenvalue weighted by Crippen LogP contribution is 2.31. The van der Waals surface area contributed by atoms with Crippen LogP contribution in [0.2, 0.25) is 0 Å². The van der Waals surface area contributed by atoms with E-state index in [1.807, 2.05) is 0 Å². The molecular formula is C23H22N2O8S. The van der Waals surface area contributed by atoms with E-state index >= 15 is 0 Å². The standard InChI is InChI=1S/C23H22N2O8S/c1-3-31-23(28)24-17-5-6-18-16(11-21(26)33-20(18)12-17)13-32-22(27)15-4-7-19-14(10-15)8-9-25(19)34(2,29)30/h4-7,10-12H,3,8-9,13H2,1-2H3,(H,24,28).